The molecule has 0 aliphatic heterocycles. The number of nitrogens with one attached hydrogen (secondary N) is 1. The molecule has 0 aromatic heterocycles. The van der Waals surface area contributed by atoms with Crippen LogP contribution in [0, 0.1) is 0 Å². The third kappa shape index (κ3) is 4.19. The topological polar surface area (TPSA) is 55.1 Å². The second kappa shape index (κ2) is 5.82. The van der Waals surface area contributed by atoms with Gasteiger partial charge in [-0.2, -0.15) is 0 Å². The van der Waals surface area contributed by atoms with Gasteiger partial charge in [-0.1, -0.05) is 25.5 Å². The molecule has 1 amide bonds. The average molecular weight is 234 g/mol. The van der Waals surface area contributed by atoms with E-state index < -0.39 is 0 Å². The third-order valence-electron chi connectivity index (χ3n) is 2.78. The van der Waals surface area contributed by atoms with E-state index in [2.05, 4.69) is 12.2 Å². The standard InChI is InChI=1S/C14H22N2O/c1-4-9-14(2,3)16-13(17)12-7-5-11(10-15)6-8-12/h5-8H,4,9-10,15H2,1-3H3,(H,16,17). The lowest BCUT2D eigenvalue weighted by Gasteiger charge is -2.25. The number of carbonyl (C=O) groups excluding carboxylic acids is 1. The van der Waals surface area contributed by atoms with Crippen LogP contribution in [0.1, 0.15) is 49.5 Å². The van der Waals surface area contributed by atoms with Crippen molar-refractivity contribution in [2.24, 2.45) is 5.73 Å². The van der Waals surface area contributed by atoms with Crippen molar-refractivity contribution >= 4 is 5.91 Å². The summed E-state index contributed by atoms with van der Waals surface area (Å²) in [5.41, 5.74) is 7.09. The van der Waals surface area contributed by atoms with Crippen LogP contribution >= 0.6 is 0 Å². The molecular weight excluding hydrogens is 212 g/mol. The Balaban J connectivity index is 2.69. The number of benzene rings is 1. The van der Waals surface area contributed by atoms with Gasteiger partial charge in [-0.25, -0.2) is 0 Å². The summed E-state index contributed by atoms with van der Waals surface area (Å²) in [6.45, 7) is 6.71. The van der Waals surface area contributed by atoms with Crippen molar-refractivity contribution in [3.8, 4) is 0 Å². The Hall–Kier alpha value is -1.35. The Bertz CT molecular complexity index is 368. The zero-order valence-corrected chi connectivity index (χ0v) is 10.9. The summed E-state index contributed by atoms with van der Waals surface area (Å²) in [7, 11) is 0. The number of hydrogen-bond donors (Lipinski definition) is 2. The van der Waals surface area contributed by atoms with Crippen LogP contribution in [0.15, 0.2) is 24.3 Å². The minimum atomic E-state index is -0.154. The lowest BCUT2D eigenvalue weighted by molar-refractivity contribution is 0.0909. The van der Waals surface area contributed by atoms with Gasteiger partial charge in [0.15, 0.2) is 0 Å². The van der Waals surface area contributed by atoms with Crippen molar-refractivity contribution in [1.82, 2.24) is 5.32 Å². The molecule has 0 heterocycles. The van der Waals surface area contributed by atoms with E-state index in [9.17, 15) is 4.79 Å². The van der Waals surface area contributed by atoms with Crippen LogP contribution in [-0.2, 0) is 6.54 Å². The first-order valence-corrected chi connectivity index (χ1v) is 6.10. The molecule has 0 spiro atoms. The molecule has 0 atom stereocenters. The predicted molar refractivity (Wildman–Crippen MR) is 70.8 cm³/mol. The molecular formula is C14H22N2O. The lowest BCUT2D eigenvalue weighted by Crippen LogP contribution is -2.43. The van der Waals surface area contributed by atoms with Gasteiger partial charge in [-0.05, 0) is 38.0 Å². The smallest absolute Gasteiger partial charge is 0.251 e. The van der Waals surface area contributed by atoms with Crippen molar-refractivity contribution < 1.29 is 4.79 Å². The average Bonchev–Trinajstić information content (AvgIpc) is 2.28. The van der Waals surface area contributed by atoms with Crippen molar-refractivity contribution in [2.75, 3.05) is 0 Å². The van der Waals surface area contributed by atoms with Gasteiger partial charge in [0.1, 0.15) is 0 Å². The molecule has 1 rings (SSSR count). The monoisotopic (exact) mass is 234 g/mol. The predicted octanol–water partition coefficient (Wildman–Crippen LogP) is 2.45. The van der Waals surface area contributed by atoms with Gasteiger partial charge in [0.05, 0.1) is 0 Å². The van der Waals surface area contributed by atoms with Crippen LogP contribution < -0.4 is 11.1 Å². The number of rotatable bonds is 5. The van der Waals surface area contributed by atoms with E-state index in [-0.39, 0.29) is 11.4 Å². The van der Waals surface area contributed by atoms with Crippen LogP contribution in [0.2, 0.25) is 0 Å². The molecule has 0 aliphatic rings. The second-order valence-electron chi connectivity index (χ2n) is 4.99. The maximum Gasteiger partial charge on any atom is 0.251 e. The van der Waals surface area contributed by atoms with Gasteiger partial charge in [0.25, 0.3) is 5.91 Å². The zero-order chi connectivity index (χ0) is 12.9. The molecule has 17 heavy (non-hydrogen) atoms. The number of amides is 1. The van der Waals surface area contributed by atoms with E-state index >= 15 is 0 Å². The van der Waals surface area contributed by atoms with Crippen LogP contribution in [0.3, 0.4) is 0 Å². The molecule has 0 bridgehead atoms. The highest BCUT2D eigenvalue weighted by Crippen LogP contribution is 2.12. The Kier molecular flexibility index (Phi) is 4.70. The van der Waals surface area contributed by atoms with Crippen LogP contribution in [-0.4, -0.2) is 11.4 Å². The van der Waals surface area contributed by atoms with Gasteiger partial charge < -0.3 is 11.1 Å². The SMILES string of the molecule is CCCC(C)(C)NC(=O)c1ccc(CN)cc1. The maximum absolute atomic E-state index is 12.0. The van der Waals surface area contributed by atoms with E-state index in [4.69, 9.17) is 5.73 Å². The highest BCUT2D eigenvalue weighted by atomic mass is 16.1. The summed E-state index contributed by atoms with van der Waals surface area (Å²) in [4.78, 5) is 12.0. The quantitative estimate of drug-likeness (QED) is 0.822. The number of hydrogen-bond acceptors (Lipinski definition) is 2. The molecule has 0 aliphatic carbocycles. The summed E-state index contributed by atoms with van der Waals surface area (Å²) in [6.07, 6.45) is 2.03. The summed E-state index contributed by atoms with van der Waals surface area (Å²) in [5, 5.41) is 3.04. The molecule has 0 radical (unpaired) electrons. The van der Waals surface area contributed by atoms with Gasteiger partial charge in [0.2, 0.25) is 0 Å². The van der Waals surface area contributed by atoms with E-state index in [1.54, 1.807) is 0 Å². The number of carbonyl (C=O) groups is 1. The van der Waals surface area contributed by atoms with Gasteiger partial charge in [-0.3, -0.25) is 4.79 Å². The van der Waals surface area contributed by atoms with E-state index in [1.165, 1.54) is 0 Å². The first-order valence-electron chi connectivity index (χ1n) is 6.10. The fourth-order valence-corrected chi connectivity index (χ4v) is 1.86. The van der Waals surface area contributed by atoms with Crippen LogP contribution in [0.4, 0.5) is 0 Å². The van der Waals surface area contributed by atoms with Gasteiger partial charge >= 0.3 is 0 Å². The molecule has 0 saturated heterocycles. The maximum atomic E-state index is 12.0. The Morgan fingerprint density at radius 2 is 1.88 bits per heavy atom. The fourth-order valence-electron chi connectivity index (χ4n) is 1.86. The highest BCUT2D eigenvalue weighted by Gasteiger charge is 2.19. The first kappa shape index (κ1) is 13.7. The summed E-state index contributed by atoms with van der Waals surface area (Å²) in [5.74, 6) is -0.0213. The van der Waals surface area contributed by atoms with Crippen molar-refractivity contribution in [2.45, 2.75) is 45.7 Å². The second-order valence-corrected chi connectivity index (χ2v) is 4.99. The Morgan fingerprint density at radius 1 is 1.29 bits per heavy atom. The fraction of sp³-hybridized carbons (Fsp3) is 0.500. The molecule has 1 aromatic carbocycles. The van der Waals surface area contributed by atoms with Crippen molar-refractivity contribution in [3.05, 3.63) is 35.4 Å². The summed E-state index contributed by atoms with van der Waals surface area (Å²) < 4.78 is 0. The minimum Gasteiger partial charge on any atom is -0.347 e. The van der Waals surface area contributed by atoms with Crippen molar-refractivity contribution in [1.29, 1.82) is 0 Å². The van der Waals surface area contributed by atoms with Gasteiger partial charge in [0, 0.05) is 17.6 Å². The zero-order valence-electron chi connectivity index (χ0n) is 10.9. The van der Waals surface area contributed by atoms with Crippen LogP contribution in [0.5, 0.6) is 0 Å². The lowest BCUT2D eigenvalue weighted by atomic mass is 9.98. The van der Waals surface area contributed by atoms with E-state index in [0.29, 0.717) is 12.1 Å². The molecule has 94 valence electrons. The Morgan fingerprint density at radius 3 is 2.35 bits per heavy atom. The summed E-state index contributed by atoms with van der Waals surface area (Å²) in [6, 6.07) is 7.42. The molecule has 1 aromatic rings. The molecule has 3 heteroatoms. The molecule has 0 unspecified atom stereocenters. The molecule has 0 saturated carbocycles. The highest BCUT2D eigenvalue weighted by molar-refractivity contribution is 5.94. The molecule has 3 nitrogen and oxygen atoms in total. The molecule has 3 N–H and O–H groups in total. The van der Waals surface area contributed by atoms with Crippen molar-refractivity contribution in [3.63, 3.8) is 0 Å². The summed E-state index contributed by atoms with van der Waals surface area (Å²) >= 11 is 0. The first-order chi connectivity index (χ1) is 7.98. The van der Waals surface area contributed by atoms with Crippen LogP contribution in [0.25, 0.3) is 0 Å². The minimum absolute atomic E-state index is 0.0213. The Labute approximate surface area is 103 Å². The number of nitrogens with two attached hydrogens (primary N) is 1. The third-order valence-corrected chi connectivity index (χ3v) is 2.78. The van der Waals surface area contributed by atoms with E-state index in [0.717, 1.165) is 18.4 Å². The molecule has 0 fully saturated rings. The largest absolute Gasteiger partial charge is 0.347 e. The van der Waals surface area contributed by atoms with E-state index in [1.807, 2.05) is 38.1 Å². The van der Waals surface area contributed by atoms with Gasteiger partial charge in [-0.15, -0.1) is 0 Å². The normalized spacial score (nSPS) is 11.3.